The van der Waals surface area contributed by atoms with Crippen LogP contribution in [0, 0.1) is 11.8 Å². The lowest BCUT2D eigenvalue weighted by molar-refractivity contribution is -0.148. The Morgan fingerprint density at radius 1 is 1.38 bits per heavy atom. The minimum atomic E-state index is -3.83. The van der Waals surface area contributed by atoms with Gasteiger partial charge in [-0.2, -0.15) is 9.97 Å². The number of ether oxygens (including phenoxy) is 3. The Balaban J connectivity index is 1.55. The maximum Gasteiger partial charge on any atom is 0.406 e. The van der Waals surface area contributed by atoms with Gasteiger partial charge in [0.2, 0.25) is 11.8 Å². The smallest absolute Gasteiger partial charge is 0.406 e. The van der Waals surface area contributed by atoms with Gasteiger partial charge in [-0.3, -0.25) is 18.4 Å². The number of halogens is 1. The number of nitrogens with two attached hydrogens (primary N) is 1. The highest BCUT2D eigenvalue weighted by atomic mass is 35.5. The summed E-state index contributed by atoms with van der Waals surface area (Å²) in [6.45, 7) is 11.2. The number of hydrogen-bond acceptors (Lipinski definition) is 11. The number of fused-ring (bicyclic) bond motifs is 2. The molecule has 15 heteroatoms. The number of nitrogen functional groups attached to an aromatic ring is 1. The van der Waals surface area contributed by atoms with E-state index in [4.69, 9.17) is 40.6 Å². The zero-order valence-electron chi connectivity index (χ0n) is 21.7. The summed E-state index contributed by atoms with van der Waals surface area (Å²) >= 11 is 7.03. The number of carbonyl (C=O) groups excluding carboxylic acids is 1. The highest BCUT2D eigenvalue weighted by molar-refractivity contribution is 7.51. The van der Waals surface area contributed by atoms with Gasteiger partial charge < -0.3 is 19.9 Å². The molecule has 2 fully saturated rings. The molecule has 2 unspecified atom stereocenters. The average molecular weight is 561 g/mol. The van der Waals surface area contributed by atoms with Gasteiger partial charge >= 0.3 is 13.7 Å². The highest BCUT2D eigenvalue weighted by Crippen LogP contribution is 2.58. The summed E-state index contributed by atoms with van der Waals surface area (Å²) in [7, 11) is -3.83. The highest BCUT2D eigenvalue weighted by Gasteiger charge is 2.60. The van der Waals surface area contributed by atoms with Crippen molar-refractivity contribution >= 4 is 42.4 Å². The number of imidazole rings is 1. The molecule has 2 saturated heterocycles. The Bertz CT molecular complexity index is 1190. The number of anilines is 1. The second-order valence-corrected chi connectivity index (χ2v) is 12.4. The van der Waals surface area contributed by atoms with E-state index in [2.05, 4.69) is 20.0 Å². The molecule has 4 rings (SSSR count). The number of nitrogens with one attached hydrogen (secondary N) is 1. The molecule has 4 heterocycles. The van der Waals surface area contributed by atoms with E-state index in [0.717, 1.165) is 0 Å². The molecule has 2 aromatic heterocycles. The van der Waals surface area contributed by atoms with Crippen LogP contribution in [0.25, 0.3) is 11.2 Å². The van der Waals surface area contributed by atoms with Crippen LogP contribution in [0.2, 0.25) is 0 Å². The second kappa shape index (κ2) is 10.6. The molecule has 0 spiro atoms. The van der Waals surface area contributed by atoms with Crippen molar-refractivity contribution in [3.8, 4) is 5.88 Å². The van der Waals surface area contributed by atoms with Gasteiger partial charge in [0.05, 0.1) is 31.5 Å². The van der Waals surface area contributed by atoms with Gasteiger partial charge in [-0.25, -0.2) is 14.6 Å². The van der Waals surface area contributed by atoms with Crippen molar-refractivity contribution in [1.82, 2.24) is 24.6 Å². The fourth-order valence-electron chi connectivity index (χ4n) is 4.16. The standard InChI is InChI=1S/C22H34ClN6O7P/c1-7-32-18-15-17(26-21(24)27-18)29(10-25-15)20-22(6,23)16-14(35-20)9-34-37(31,36-16)28-13(11(2)3)8-33-19(30)12(4)5/h10-14,16,20H,7-9H2,1-6H3,(H,28,31)(H2,24,26,27)/t13?,14-,16-,20-,22-,37?/m1/s1. The van der Waals surface area contributed by atoms with Crippen LogP contribution in [0.4, 0.5) is 5.95 Å². The van der Waals surface area contributed by atoms with Crippen LogP contribution in [0.5, 0.6) is 5.88 Å². The molecule has 0 radical (unpaired) electrons. The molecule has 2 aliphatic rings. The number of alkyl halides is 1. The number of esters is 1. The largest absolute Gasteiger partial charge is 0.476 e. The van der Waals surface area contributed by atoms with Crippen molar-refractivity contribution in [2.45, 2.75) is 70.9 Å². The third-order valence-electron chi connectivity index (χ3n) is 6.29. The zero-order chi connectivity index (χ0) is 27.1. The second-order valence-electron chi connectivity index (χ2n) is 9.91. The zero-order valence-corrected chi connectivity index (χ0v) is 23.4. The first-order chi connectivity index (χ1) is 17.4. The van der Waals surface area contributed by atoms with Gasteiger partial charge in [-0.1, -0.05) is 27.7 Å². The summed E-state index contributed by atoms with van der Waals surface area (Å²) < 4.78 is 44.0. The Kier molecular flexibility index (Phi) is 8.04. The van der Waals surface area contributed by atoms with Crippen molar-refractivity contribution in [2.24, 2.45) is 11.8 Å². The minimum absolute atomic E-state index is 0.00979. The van der Waals surface area contributed by atoms with Crippen LogP contribution in [0.1, 0.15) is 47.8 Å². The Morgan fingerprint density at radius 3 is 2.76 bits per heavy atom. The van der Waals surface area contributed by atoms with Crippen molar-refractivity contribution in [3.63, 3.8) is 0 Å². The van der Waals surface area contributed by atoms with E-state index in [9.17, 15) is 9.36 Å². The van der Waals surface area contributed by atoms with E-state index in [0.29, 0.717) is 17.8 Å². The maximum absolute atomic E-state index is 13.6. The van der Waals surface area contributed by atoms with E-state index in [1.54, 1.807) is 25.3 Å². The lowest BCUT2D eigenvalue weighted by Crippen LogP contribution is -2.47. The number of rotatable bonds is 9. The van der Waals surface area contributed by atoms with Gasteiger partial charge in [0.15, 0.2) is 17.4 Å². The van der Waals surface area contributed by atoms with Crippen LogP contribution in [-0.4, -0.2) is 68.4 Å². The first-order valence-electron chi connectivity index (χ1n) is 12.2. The van der Waals surface area contributed by atoms with E-state index >= 15 is 0 Å². The lowest BCUT2D eigenvalue weighted by atomic mass is 10.0. The van der Waals surface area contributed by atoms with Gasteiger partial charge in [0.25, 0.3) is 0 Å². The van der Waals surface area contributed by atoms with Crippen LogP contribution in [0.15, 0.2) is 6.33 Å². The number of aromatic nitrogens is 4. The van der Waals surface area contributed by atoms with E-state index in [1.165, 1.54) is 6.33 Å². The van der Waals surface area contributed by atoms with Crippen LogP contribution in [-0.2, 0) is 27.9 Å². The Labute approximate surface area is 220 Å². The Morgan fingerprint density at radius 2 is 2.11 bits per heavy atom. The normalized spacial score (nSPS) is 30.6. The summed E-state index contributed by atoms with van der Waals surface area (Å²) in [6.07, 6.45) is -0.711. The third kappa shape index (κ3) is 5.57. The van der Waals surface area contributed by atoms with Gasteiger partial charge in [-0.15, -0.1) is 11.6 Å². The quantitative estimate of drug-likeness (QED) is 0.262. The monoisotopic (exact) mass is 560 g/mol. The summed E-state index contributed by atoms with van der Waals surface area (Å²) in [5.41, 5.74) is 6.67. The first-order valence-corrected chi connectivity index (χ1v) is 14.1. The maximum atomic E-state index is 13.6. The SMILES string of the molecule is CCOc1nc(N)nc2c1ncn2[C@@H]1O[C@@H]2COP(=O)(NC(COC(=O)C(C)C)C(C)C)O[C@H]2[C@@]1(C)Cl. The van der Waals surface area contributed by atoms with Crippen LogP contribution >= 0.6 is 19.3 Å². The predicted molar refractivity (Wildman–Crippen MR) is 135 cm³/mol. The molecule has 0 aromatic carbocycles. The van der Waals surface area contributed by atoms with Crippen molar-refractivity contribution in [2.75, 3.05) is 25.6 Å². The molecule has 2 aliphatic heterocycles. The third-order valence-corrected chi connectivity index (χ3v) is 8.33. The summed E-state index contributed by atoms with van der Waals surface area (Å²) in [4.78, 5) is 23.6. The predicted octanol–water partition coefficient (Wildman–Crippen LogP) is 3.04. The average Bonchev–Trinajstić information content (AvgIpc) is 3.34. The van der Waals surface area contributed by atoms with Crippen LogP contribution in [0.3, 0.4) is 0 Å². The first kappa shape index (κ1) is 28.0. The molecule has 0 bridgehead atoms. The molecule has 13 nitrogen and oxygen atoms in total. The lowest BCUT2D eigenvalue weighted by Gasteiger charge is -2.37. The number of hydrogen-bond donors (Lipinski definition) is 2. The molecular formula is C22H34ClN6O7P. The molecule has 2 aromatic rings. The van der Waals surface area contributed by atoms with Crippen LogP contribution < -0.4 is 15.6 Å². The van der Waals surface area contributed by atoms with E-state index in [1.807, 2.05) is 20.8 Å². The Hall–Kier alpha value is -2.02. The topological polar surface area (TPSA) is 162 Å². The molecule has 0 aliphatic carbocycles. The summed E-state index contributed by atoms with van der Waals surface area (Å²) in [6, 6.07) is -0.473. The van der Waals surface area contributed by atoms with E-state index in [-0.39, 0.29) is 42.8 Å². The molecule has 3 N–H and O–H groups in total. The molecule has 6 atom stereocenters. The van der Waals surface area contributed by atoms with Crippen molar-refractivity contribution in [1.29, 1.82) is 0 Å². The van der Waals surface area contributed by atoms with Crippen molar-refractivity contribution < 1.29 is 32.6 Å². The molecule has 206 valence electrons. The summed E-state index contributed by atoms with van der Waals surface area (Å²) in [5.74, 6) is -0.397. The fraction of sp³-hybridized carbons (Fsp3) is 0.727. The molecule has 37 heavy (non-hydrogen) atoms. The van der Waals surface area contributed by atoms with Crippen molar-refractivity contribution in [3.05, 3.63) is 6.33 Å². The molecular weight excluding hydrogens is 527 g/mol. The number of carbonyl (C=O) groups is 1. The number of nitrogens with zero attached hydrogens (tertiary/aromatic N) is 4. The van der Waals surface area contributed by atoms with Gasteiger partial charge in [0.1, 0.15) is 23.7 Å². The molecule has 0 amide bonds. The fourth-order valence-corrected chi connectivity index (χ4v) is 6.54. The molecule has 0 saturated carbocycles. The summed E-state index contributed by atoms with van der Waals surface area (Å²) in [5, 5.41) is 2.93. The van der Waals surface area contributed by atoms with Gasteiger partial charge in [0, 0.05) is 0 Å². The van der Waals surface area contributed by atoms with E-state index < -0.39 is 37.1 Å². The van der Waals surface area contributed by atoms with Gasteiger partial charge in [-0.05, 0) is 19.8 Å². The minimum Gasteiger partial charge on any atom is -0.476 e.